The number of pyridine rings is 1. The van der Waals surface area contributed by atoms with Gasteiger partial charge in [-0.2, -0.15) is 0 Å². The average Bonchev–Trinajstić information content (AvgIpc) is 2.72. The molecule has 164 valence electrons. The number of likely N-dealkylation sites (tertiary alicyclic amines) is 1. The van der Waals surface area contributed by atoms with Crippen molar-refractivity contribution in [1.29, 1.82) is 0 Å². The molecule has 29 heavy (non-hydrogen) atoms. The Morgan fingerprint density at radius 1 is 1.28 bits per heavy atom. The van der Waals surface area contributed by atoms with Crippen molar-refractivity contribution < 1.29 is 4.74 Å². The van der Waals surface area contributed by atoms with Gasteiger partial charge < -0.3 is 25.2 Å². The second-order valence-electron chi connectivity index (χ2n) is 8.13. The van der Waals surface area contributed by atoms with Crippen LogP contribution in [0.15, 0.2) is 23.3 Å². The first-order chi connectivity index (χ1) is 13.5. The minimum atomic E-state index is 0. The van der Waals surface area contributed by atoms with E-state index in [0.717, 1.165) is 69.5 Å². The van der Waals surface area contributed by atoms with Gasteiger partial charge in [-0.15, -0.1) is 24.0 Å². The molecule has 7 nitrogen and oxygen atoms in total. The summed E-state index contributed by atoms with van der Waals surface area (Å²) >= 11 is 0. The fourth-order valence-corrected chi connectivity index (χ4v) is 3.87. The highest BCUT2D eigenvalue weighted by atomic mass is 127. The van der Waals surface area contributed by atoms with Crippen LogP contribution >= 0.6 is 24.0 Å². The number of piperidine rings is 1. The molecule has 2 aliphatic heterocycles. The highest BCUT2D eigenvalue weighted by molar-refractivity contribution is 14.0. The summed E-state index contributed by atoms with van der Waals surface area (Å²) in [6.45, 7) is 12.2. The van der Waals surface area contributed by atoms with Crippen molar-refractivity contribution in [3.63, 3.8) is 0 Å². The molecule has 0 amide bonds. The fourth-order valence-electron chi connectivity index (χ4n) is 3.87. The first-order valence-corrected chi connectivity index (χ1v) is 10.6. The second kappa shape index (κ2) is 11.9. The third-order valence-corrected chi connectivity index (χ3v) is 5.66. The standard InChI is InChI=1S/C21H36N6O.HI/c1-16(2)26-9-7-19(8-10-26)25-21(22-4)24-14-18-5-6-20(23-13-18)27-11-12-28-17(3)15-27;/h5-6,13,16-17,19H,7-12,14-15H2,1-4H3,(H2,22,24,25);1H. The number of aromatic nitrogens is 1. The number of hydrogen-bond acceptors (Lipinski definition) is 5. The van der Waals surface area contributed by atoms with E-state index >= 15 is 0 Å². The molecule has 0 bridgehead atoms. The van der Waals surface area contributed by atoms with Gasteiger partial charge in [0.05, 0.1) is 12.7 Å². The lowest BCUT2D eigenvalue weighted by atomic mass is 10.0. The van der Waals surface area contributed by atoms with Crippen LogP contribution in [-0.4, -0.2) is 73.9 Å². The molecule has 3 rings (SSSR count). The summed E-state index contributed by atoms with van der Waals surface area (Å²) in [5.74, 6) is 1.90. The fraction of sp³-hybridized carbons (Fsp3) is 0.714. The summed E-state index contributed by atoms with van der Waals surface area (Å²) in [5, 5.41) is 7.00. The van der Waals surface area contributed by atoms with Gasteiger partial charge in [0.15, 0.2) is 5.96 Å². The molecule has 0 aliphatic carbocycles. The Morgan fingerprint density at radius 3 is 2.62 bits per heavy atom. The molecule has 0 radical (unpaired) electrons. The number of aliphatic imine (C=N–C) groups is 1. The Morgan fingerprint density at radius 2 is 2.03 bits per heavy atom. The summed E-state index contributed by atoms with van der Waals surface area (Å²) in [6.07, 6.45) is 4.54. The quantitative estimate of drug-likeness (QED) is 0.356. The summed E-state index contributed by atoms with van der Waals surface area (Å²) < 4.78 is 5.61. The largest absolute Gasteiger partial charge is 0.375 e. The van der Waals surface area contributed by atoms with Gasteiger partial charge in [0.1, 0.15) is 5.82 Å². The van der Waals surface area contributed by atoms with E-state index in [1.807, 2.05) is 13.2 Å². The van der Waals surface area contributed by atoms with Crippen molar-refractivity contribution in [3.8, 4) is 0 Å². The highest BCUT2D eigenvalue weighted by Gasteiger charge is 2.21. The molecule has 0 saturated carbocycles. The van der Waals surface area contributed by atoms with Crippen LogP contribution in [0.3, 0.4) is 0 Å². The normalized spacial score (nSPS) is 21.8. The van der Waals surface area contributed by atoms with E-state index in [4.69, 9.17) is 4.74 Å². The molecular weight excluding hydrogens is 479 g/mol. The Kier molecular flexibility index (Phi) is 9.91. The number of anilines is 1. The van der Waals surface area contributed by atoms with Crippen molar-refractivity contribution in [2.75, 3.05) is 44.7 Å². The van der Waals surface area contributed by atoms with E-state index in [2.05, 4.69) is 63.3 Å². The van der Waals surface area contributed by atoms with Crippen LogP contribution in [-0.2, 0) is 11.3 Å². The smallest absolute Gasteiger partial charge is 0.191 e. The first-order valence-electron chi connectivity index (χ1n) is 10.6. The Bertz CT molecular complexity index is 631. The zero-order valence-corrected chi connectivity index (χ0v) is 20.6. The first kappa shape index (κ1) is 24.1. The van der Waals surface area contributed by atoms with E-state index in [-0.39, 0.29) is 30.1 Å². The maximum atomic E-state index is 5.61. The Labute approximate surface area is 192 Å². The minimum absolute atomic E-state index is 0. The highest BCUT2D eigenvalue weighted by Crippen LogP contribution is 2.16. The summed E-state index contributed by atoms with van der Waals surface area (Å²) in [7, 11) is 1.83. The zero-order chi connectivity index (χ0) is 19.9. The molecule has 0 aromatic carbocycles. The number of ether oxygens (including phenoxy) is 1. The Balaban J connectivity index is 0.00000300. The molecule has 2 fully saturated rings. The molecular formula is C21H37IN6O. The van der Waals surface area contributed by atoms with Crippen LogP contribution in [0, 0.1) is 0 Å². The lowest BCUT2D eigenvalue weighted by molar-refractivity contribution is 0.0529. The molecule has 1 atom stereocenters. The van der Waals surface area contributed by atoms with E-state index < -0.39 is 0 Å². The average molecular weight is 516 g/mol. The van der Waals surface area contributed by atoms with Gasteiger partial charge in [0.2, 0.25) is 0 Å². The number of rotatable bonds is 5. The van der Waals surface area contributed by atoms with Crippen LogP contribution in [0.4, 0.5) is 5.82 Å². The van der Waals surface area contributed by atoms with Crippen molar-refractivity contribution in [3.05, 3.63) is 23.9 Å². The molecule has 1 aromatic rings. The number of morpholine rings is 1. The molecule has 1 unspecified atom stereocenters. The predicted octanol–water partition coefficient (Wildman–Crippen LogP) is 2.46. The van der Waals surface area contributed by atoms with Crippen molar-refractivity contribution in [2.45, 2.75) is 58.3 Å². The van der Waals surface area contributed by atoms with Gasteiger partial charge in [-0.05, 0) is 45.2 Å². The van der Waals surface area contributed by atoms with Gasteiger partial charge in [-0.1, -0.05) is 6.07 Å². The minimum Gasteiger partial charge on any atom is -0.375 e. The van der Waals surface area contributed by atoms with Gasteiger partial charge in [-0.3, -0.25) is 4.99 Å². The van der Waals surface area contributed by atoms with Gasteiger partial charge in [0, 0.05) is 58.1 Å². The van der Waals surface area contributed by atoms with Crippen LogP contribution in [0.5, 0.6) is 0 Å². The topological polar surface area (TPSA) is 65.0 Å². The second-order valence-corrected chi connectivity index (χ2v) is 8.13. The van der Waals surface area contributed by atoms with Gasteiger partial charge >= 0.3 is 0 Å². The number of guanidine groups is 1. The third-order valence-electron chi connectivity index (χ3n) is 5.66. The summed E-state index contributed by atoms with van der Waals surface area (Å²) in [6, 6.07) is 5.37. The van der Waals surface area contributed by atoms with E-state index in [1.54, 1.807) is 0 Å². The summed E-state index contributed by atoms with van der Waals surface area (Å²) in [4.78, 5) is 13.9. The Hall–Kier alpha value is -1.13. The number of nitrogens with zero attached hydrogens (tertiary/aromatic N) is 4. The summed E-state index contributed by atoms with van der Waals surface area (Å²) in [5.41, 5.74) is 1.16. The zero-order valence-electron chi connectivity index (χ0n) is 18.2. The van der Waals surface area contributed by atoms with E-state index in [1.165, 1.54) is 0 Å². The van der Waals surface area contributed by atoms with Crippen LogP contribution in [0.2, 0.25) is 0 Å². The van der Waals surface area contributed by atoms with Gasteiger partial charge in [0.25, 0.3) is 0 Å². The molecule has 0 spiro atoms. The number of hydrogen-bond donors (Lipinski definition) is 2. The van der Waals surface area contributed by atoms with Gasteiger partial charge in [-0.25, -0.2) is 4.98 Å². The van der Waals surface area contributed by atoms with E-state index in [0.29, 0.717) is 12.1 Å². The molecule has 8 heteroatoms. The number of halogens is 1. The lowest BCUT2D eigenvalue weighted by Gasteiger charge is -2.35. The number of nitrogens with one attached hydrogen (secondary N) is 2. The molecule has 2 saturated heterocycles. The van der Waals surface area contributed by atoms with Crippen LogP contribution < -0.4 is 15.5 Å². The van der Waals surface area contributed by atoms with Crippen molar-refractivity contribution in [1.82, 2.24) is 20.5 Å². The third kappa shape index (κ3) is 7.25. The predicted molar refractivity (Wildman–Crippen MR) is 130 cm³/mol. The molecule has 1 aromatic heterocycles. The monoisotopic (exact) mass is 516 g/mol. The van der Waals surface area contributed by atoms with Crippen LogP contribution in [0.25, 0.3) is 0 Å². The van der Waals surface area contributed by atoms with Crippen molar-refractivity contribution >= 4 is 35.8 Å². The van der Waals surface area contributed by atoms with E-state index in [9.17, 15) is 0 Å². The van der Waals surface area contributed by atoms with Crippen molar-refractivity contribution in [2.24, 2.45) is 4.99 Å². The molecule has 2 aliphatic rings. The van der Waals surface area contributed by atoms with Crippen LogP contribution in [0.1, 0.15) is 39.2 Å². The maximum Gasteiger partial charge on any atom is 0.191 e. The molecule has 3 heterocycles. The lowest BCUT2D eigenvalue weighted by Crippen LogP contribution is -2.49. The molecule has 2 N–H and O–H groups in total. The SMILES string of the molecule is CN=C(NCc1ccc(N2CCOC(C)C2)nc1)NC1CCN(C(C)C)CC1.I. The maximum absolute atomic E-state index is 5.61.